The van der Waals surface area contributed by atoms with Crippen LogP contribution in [0.2, 0.25) is 0 Å². The number of para-hydroxylation sites is 1. The average molecular weight is 327 g/mol. The van der Waals surface area contributed by atoms with Crippen molar-refractivity contribution in [2.45, 2.75) is 6.61 Å². The molecule has 2 aromatic heterocycles. The van der Waals surface area contributed by atoms with Crippen molar-refractivity contribution in [3.05, 3.63) is 90.9 Å². The van der Waals surface area contributed by atoms with Crippen molar-refractivity contribution >= 4 is 22.1 Å². The molecule has 4 heteroatoms. The van der Waals surface area contributed by atoms with Crippen molar-refractivity contribution in [3.63, 3.8) is 0 Å². The van der Waals surface area contributed by atoms with E-state index in [2.05, 4.69) is 21.4 Å². The summed E-state index contributed by atoms with van der Waals surface area (Å²) in [6.07, 6.45) is 5.32. The third kappa shape index (κ3) is 3.43. The zero-order valence-electron chi connectivity index (χ0n) is 13.6. The number of hydrogen-bond acceptors (Lipinski definition) is 4. The van der Waals surface area contributed by atoms with Gasteiger partial charge in [0.25, 0.3) is 0 Å². The number of nitrogens with zero attached hydrogens (tertiary/aromatic N) is 2. The van der Waals surface area contributed by atoms with E-state index < -0.39 is 0 Å². The van der Waals surface area contributed by atoms with E-state index in [0.29, 0.717) is 12.5 Å². The Morgan fingerprint density at radius 2 is 1.76 bits per heavy atom. The summed E-state index contributed by atoms with van der Waals surface area (Å²) in [5.41, 5.74) is 3.00. The zero-order valence-corrected chi connectivity index (χ0v) is 13.6. The Labute approximate surface area is 146 Å². The van der Waals surface area contributed by atoms with Gasteiger partial charge in [0.05, 0.1) is 11.1 Å². The maximum Gasteiger partial charge on any atom is 0.223 e. The molecule has 0 saturated heterocycles. The van der Waals surface area contributed by atoms with Crippen molar-refractivity contribution in [2.24, 2.45) is 0 Å². The molecule has 122 valence electrons. The van der Waals surface area contributed by atoms with Gasteiger partial charge in [-0.25, -0.2) is 4.98 Å². The Hall–Kier alpha value is -3.40. The summed E-state index contributed by atoms with van der Waals surface area (Å²) in [5, 5.41) is 5.50. The molecule has 0 saturated carbocycles. The first-order valence-electron chi connectivity index (χ1n) is 8.12. The lowest BCUT2D eigenvalue weighted by molar-refractivity contribution is 0.298. The lowest BCUT2D eigenvalue weighted by Gasteiger charge is -2.13. The number of ether oxygens (including phenoxy) is 1. The third-order valence-corrected chi connectivity index (χ3v) is 3.91. The number of rotatable bonds is 5. The molecule has 0 radical (unpaired) electrons. The standard InChI is InChI=1S/C21H17N3O/c1-2-8-18(9-3-1)24-19-10-4-7-17-11-13-23-21(20(17)19)25-15-16-6-5-12-22-14-16/h1-14,24H,15H2. The van der Waals surface area contributed by atoms with E-state index in [-0.39, 0.29) is 0 Å². The highest BCUT2D eigenvalue weighted by Crippen LogP contribution is 2.32. The van der Waals surface area contributed by atoms with Gasteiger partial charge < -0.3 is 10.1 Å². The number of nitrogens with one attached hydrogen (secondary N) is 1. The first kappa shape index (κ1) is 15.1. The predicted molar refractivity (Wildman–Crippen MR) is 100 cm³/mol. The molecule has 4 nitrogen and oxygen atoms in total. The molecule has 0 aliphatic carbocycles. The van der Waals surface area contributed by atoms with Crippen LogP contribution in [0.25, 0.3) is 10.8 Å². The van der Waals surface area contributed by atoms with Crippen molar-refractivity contribution in [1.82, 2.24) is 9.97 Å². The highest BCUT2D eigenvalue weighted by molar-refractivity contribution is 5.98. The summed E-state index contributed by atoms with van der Waals surface area (Å²) in [6, 6.07) is 22.1. The number of pyridine rings is 2. The Kier molecular flexibility index (Phi) is 4.25. The molecule has 4 aromatic rings. The van der Waals surface area contributed by atoms with Crippen LogP contribution in [0.1, 0.15) is 5.56 Å². The van der Waals surface area contributed by atoms with Crippen LogP contribution in [0.5, 0.6) is 5.88 Å². The monoisotopic (exact) mass is 327 g/mol. The van der Waals surface area contributed by atoms with Crippen molar-refractivity contribution in [2.75, 3.05) is 5.32 Å². The minimum absolute atomic E-state index is 0.430. The first-order valence-corrected chi connectivity index (χ1v) is 8.12. The Morgan fingerprint density at radius 1 is 0.840 bits per heavy atom. The van der Waals surface area contributed by atoms with Gasteiger partial charge in [-0.1, -0.05) is 36.4 Å². The van der Waals surface area contributed by atoms with Gasteiger partial charge in [0.15, 0.2) is 0 Å². The summed E-state index contributed by atoms with van der Waals surface area (Å²) < 4.78 is 5.99. The number of hydrogen-bond donors (Lipinski definition) is 1. The van der Waals surface area contributed by atoms with Gasteiger partial charge in [-0.3, -0.25) is 4.98 Å². The van der Waals surface area contributed by atoms with E-state index in [0.717, 1.165) is 27.7 Å². The van der Waals surface area contributed by atoms with Crippen LogP contribution in [0.4, 0.5) is 11.4 Å². The molecule has 0 aliphatic heterocycles. The van der Waals surface area contributed by atoms with E-state index in [9.17, 15) is 0 Å². The fourth-order valence-corrected chi connectivity index (χ4v) is 2.72. The van der Waals surface area contributed by atoms with Crippen LogP contribution in [0.3, 0.4) is 0 Å². The van der Waals surface area contributed by atoms with E-state index in [1.807, 2.05) is 60.7 Å². The summed E-state index contributed by atoms with van der Waals surface area (Å²) in [7, 11) is 0. The van der Waals surface area contributed by atoms with Crippen molar-refractivity contribution < 1.29 is 4.74 Å². The van der Waals surface area contributed by atoms with E-state index in [1.165, 1.54) is 0 Å². The summed E-state index contributed by atoms with van der Waals surface area (Å²) in [6.45, 7) is 0.430. The normalized spacial score (nSPS) is 10.6. The van der Waals surface area contributed by atoms with Crippen molar-refractivity contribution in [1.29, 1.82) is 0 Å². The number of benzene rings is 2. The SMILES string of the molecule is c1ccc(Nc2cccc3ccnc(OCc4cccnc4)c23)cc1. The second kappa shape index (κ2) is 7.01. The molecular formula is C21H17N3O. The molecule has 0 aliphatic rings. The number of fused-ring (bicyclic) bond motifs is 1. The minimum Gasteiger partial charge on any atom is -0.472 e. The minimum atomic E-state index is 0.430. The predicted octanol–water partition coefficient (Wildman–Crippen LogP) is 4.95. The highest BCUT2D eigenvalue weighted by atomic mass is 16.5. The molecule has 25 heavy (non-hydrogen) atoms. The fourth-order valence-electron chi connectivity index (χ4n) is 2.72. The Bertz CT molecular complexity index is 967. The lowest BCUT2D eigenvalue weighted by Crippen LogP contribution is -2.00. The molecular weight excluding hydrogens is 310 g/mol. The molecule has 0 fully saturated rings. The van der Waals surface area contributed by atoms with E-state index in [4.69, 9.17) is 4.74 Å². The Balaban J connectivity index is 1.69. The fraction of sp³-hybridized carbons (Fsp3) is 0.0476. The maximum absolute atomic E-state index is 5.99. The van der Waals surface area contributed by atoms with Crippen LogP contribution in [0.15, 0.2) is 85.3 Å². The van der Waals surface area contributed by atoms with Gasteiger partial charge >= 0.3 is 0 Å². The molecule has 0 amide bonds. The van der Waals surface area contributed by atoms with Gasteiger partial charge in [-0.05, 0) is 35.7 Å². The molecule has 2 aromatic carbocycles. The molecule has 0 unspecified atom stereocenters. The smallest absolute Gasteiger partial charge is 0.223 e. The quantitative estimate of drug-likeness (QED) is 0.563. The van der Waals surface area contributed by atoms with Gasteiger partial charge in [0.1, 0.15) is 6.61 Å². The zero-order chi connectivity index (χ0) is 16.9. The first-order chi connectivity index (χ1) is 12.4. The average Bonchev–Trinajstić information content (AvgIpc) is 2.68. The topological polar surface area (TPSA) is 47.0 Å². The largest absolute Gasteiger partial charge is 0.472 e. The van der Waals surface area contributed by atoms with Gasteiger partial charge in [0, 0.05) is 29.8 Å². The maximum atomic E-state index is 5.99. The molecule has 0 spiro atoms. The molecule has 1 N–H and O–H groups in total. The molecule has 0 bridgehead atoms. The van der Waals surface area contributed by atoms with Crippen LogP contribution in [0, 0.1) is 0 Å². The number of aromatic nitrogens is 2. The number of anilines is 2. The van der Waals surface area contributed by atoms with Crippen LogP contribution < -0.4 is 10.1 Å². The van der Waals surface area contributed by atoms with Crippen LogP contribution in [-0.2, 0) is 6.61 Å². The summed E-state index contributed by atoms with van der Waals surface area (Å²) in [5.74, 6) is 0.611. The van der Waals surface area contributed by atoms with Crippen molar-refractivity contribution in [3.8, 4) is 5.88 Å². The summed E-state index contributed by atoms with van der Waals surface area (Å²) >= 11 is 0. The van der Waals surface area contributed by atoms with E-state index in [1.54, 1.807) is 18.6 Å². The van der Waals surface area contributed by atoms with Gasteiger partial charge in [-0.2, -0.15) is 0 Å². The second-order valence-electron chi connectivity index (χ2n) is 5.66. The van der Waals surface area contributed by atoms with E-state index >= 15 is 0 Å². The second-order valence-corrected chi connectivity index (χ2v) is 5.66. The highest BCUT2D eigenvalue weighted by Gasteiger charge is 2.09. The molecule has 2 heterocycles. The van der Waals surface area contributed by atoms with Gasteiger partial charge in [-0.15, -0.1) is 0 Å². The molecule has 4 rings (SSSR count). The third-order valence-electron chi connectivity index (χ3n) is 3.91. The van der Waals surface area contributed by atoms with Crippen LogP contribution in [-0.4, -0.2) is 9.97 Å². The van der Waals surface area contributed by atoms with Crippen LogP contribution >= 0.6 is 0 Å². The summed E-state index contributed by atoms with van der Waals surface area (Å²) in [4.78, 5) is 8.56. The Morgan fingerprint density at radius 3 is 2.60 bits per heavy atom. The van der Waals surface area contributed by atoms with Gasteiger partial charge in [0.2, 0.25) is 5.88 Å². The lowest BCUT2D eigenvalue weighted by atomic mass is 10.1. The molecule has 0 atom stereocenters.